The molecule has 2 amide bonds. The minimum absolute atomic E-state index is 0.0605. The molecular formula is C13H14N4O. The molecule has 1 saturated heterocycles. The van der Waals surface area contributed by atoms with Crippen molar-refractivity contribution in [2.45, 2.75) is 0 Å². The van der Waals surface area contributed by atoms with Crippen LogP contribution in [-0.4, -0.2) is 40.6 Å². The lowest BCUT2D eigenvalue weighted by Gasteiger charge is -2.16. The Kier molecular flexibility index (Phi) is 2.51. The molecule has 1 aliphatic heterocycles. The van der Waals surface area contributed by atoms with Crippen LogP contribution in [0.15, 0.2) is 43.0 Å². The second-order valence-electron chi connectivity index (χ2n) is 4.34. The molecule has 0 aliphatic carbocycles. The summed E-state index contributed by atoms with van der Waals surface area (Å²) in [5, 5.41) is 0. The number of likely N-dealkylation sites (N-methyl/N-ethyl adjacent to an activating group) is 1. The van der Waals surface area contributed by atoms with Gasteiger partial charge < -0.3 is 9.47 Å². The average Bonchev–Trinajstić information content (AvgIpc) is 3.02. The fraction of sp³-hybridized carbons (Fsp3) is 0.231. The molecule has 92 valence electrons. The predicted octanol–water partition coefficient (Wildman–Crippen LogP) is 1.74. The standard InChI is InChI=1S/C13H14N4O/c1-15-8-9-17(13(15)18)12-4-2-11(3-5-12)16-7-6-14-10-16/h2-7,10H,8-9H2,1H3. The van der Waals surface area contributed by atoms with Gasteiger partial charge in [0.15, 0.2) is 0 Å². The van der Waals surface area contributed by atoms with Gasteiger partial charge in [-0.25, -0.2) is 9.78 Å². The van der Waals surface area contributed by atoms with E-state index in [1.165, 1.54) is 0 Å². The zero-order valence-corrected chi connectivity index (χ0v) is 10.2. The van der Waals surface area contributed by atoms with Crippen LogP contribution in [0.5, 0.6) is 0 Å². The van der Waals surface area contributed by atoms with Crippen molar-refractivity contribution in [2.24, 2.45) is 0 Å². The summed E-state index contributed by atoms with van der Waals surface area (Å²) in [6.45, 7) is 1.53. The van der Waals surface area contributed by atoms with Crippen molar-refractivity contribution in [3.8, 4) is 5.69 Å². The molecular weight excluding hydrogens is 228 g/mol. The number of urea groups is 1. The number of carbonyl (C=O) groups excluding carboxylic acids is 1. The molecule has 0 spiro atoms. The molecule has 1 aromatic carbocycles. The molecule has 5 heteroatoms. The third kappa shape index (κ3) is 1.73. The van der Waals surface area contributed by atoms with Crippen molar-refractivity contribution in [3.05, 3.63) is 43.0 Å². The van der Waals surface area contributed by atoms with Crippen LogP contribution in [0, 0.1) is 0 Å². The second-order valence-corrected chi connectivity index (χ2v) is 4.34. The van der Waals surface area contributed by atoms with Crippen LogP contribution in [0.2, 0.25) is 0 Å². The fourth-order valence-electron chi connectivity index (χ4n) is 2.10. The highest BCUT2D eigenvalue weighted by Crippen LogP contribution is 2.21. The van der Waals surface area contributed by atoms with E-state index in [1.54, 1.807) is 22.3 Å². The van der Waals surface area contributed by atoms with Crippen LogP contribution < -0.4 is 4.90 Å². The number of nitrogens with zero attached hydrogens (tertiary/aromatic N) is 4. The van der Waals surface area contributed by atoms with Gasteiger partial charge in [-0.15, -0.1) is 0 Å². The molecule has 1 aromatic heterocycles. The first-order valence-corrected chi connectivity index (χ1v) is 5.87. The zero-order valence-electron chi connectivity index (χ0n) is 10.2. The van der Waals surface area contributed by atoms with Crippen molar-refractivity contribution < 1.29 is 4.79 Å². The third-order valence-electron chi connectivity index (χ3n) is 3.18. The van der Waals surface area contributed by atoms with E-state index in [-0.39, 0.29) is 6.03 Å². The van der Waals surface area contributed by atoms with Gasteiger partial charge in [-0.1, -0.05) is 0 Å². The van der Waals surface area contributed by atoms with E-state index in [4.69, 9.17) is 0 Å². The van der Waals surface area contributed by atoms with E-state index >= 15 is 0 Å². The number of rotatable bonds is 2. The van der Waals surface area contributed by atoms with Crippen LogP contribution in [0.4, 0.5) is 10.5 Å². The second kappa shape index (κ2) is 4.18. The first-order chi connectivity index (χ1) is 8.75. The third-order valence-corrected chi connectivity index (χ3v) is 3.18. The van der Waals surface area contributed by atoms with E-state index in [0.717, 1.165) is 24.5 Å². The number of benzene rings is 1. The highest BCUT2D eigenvalue weighted by Gasteiger charge is 2.26. The molecule has 0 atom stereocenters. The molecule has 0 bridgehead atoms. The maximum atomic E-state index is 11.9. The summed E-state index contributed by atoms with van der Waals surface area (Å²) in [7, 11) is 1.82. The molecule has 18 heavy (non-hydrogen) atoms. The number of aromatic nitrogens is 2. The maximum Gasteiger partial charge on any atom is 0.324 e. The fourth-order valence-corrected chi connectivity index (χ4v) is 2.10. The van der Waals surface area contributed by atoms with E-state index < -0.39 is 0 Å². The minimum Gasteiger partial charge on any atom is -0.326 e. The van der Waals surface area contributed by atoms with Crippen LogP contribution in [0.3, 0.4) is 0 Å². The highest BCUT2D eigenvalue weighted by atomic mass is 16.2. The Morgan fingerprint density at radius 3 is 2.39 bits per heavy atom. The van der Waals surface area contributed by atoms with E-state index in [0.29, 0.717) is 0 Å². The molecule has 1 aliphatic rings. The summed E-state index contributed by atoms with van der Waals surface area (Å²) in [6, 6.07) is 7.97. The van der Waals surface area contributed by atoms with Gasteiger partial charge in [-0.05, 0) is 24.3 Å². The number of hydrogen-bond acceptors (Lipinski definition) is 2. The number of hydrogen-bond donors (Lipinski definition) is 0. The molecule has 5 nitrogen and oxygen atoms in total. The summed E-state index contributed by atoms with van der Waals surface area (Å²) >= 11 is 0. The molecule has 1 fully saturated rings. The molecule has 0 N–H and O–H groups in total. The van der Waals surface area contributed by atoms with Crippen LogP contribution >= 0.6 is 0 Å². The van der Waals surface area contributed by atoms with E-state index in [2.05, 4.69) is 4.98 Å². The summed E-state index contributed by atoms with van der Waals surface area (Å²) in [5.41, 5.74) is 1.98. The predicted molar refractivity (Wildman–Crippen MR) is 68.9 cm³/mol. The van der Waals surface area contributed by atoms with Gasteiger partial charge in [0.1, 0.15) is 0 Å². The summed E-state index contributed by atoms with van der Waals surface area (Å²) in [4.78, 5) is 19.4. The van der Waals surface area contributed by atoms with Gasteiger partial charge in [-0.3, -0.25) is 4.90 Å². The number of anilines is 1. The molecule has 2 aromatic rings. The number of amides is 2. The molecule has 0 unspecified atom stereocenters. The average molecular weight is 242 g/mol. The smallest absolute Gasteiger partial charge is 0.324 e. The van der Waals surface area contributed by atoms with Gasteiger partial charge >= 0.3 is 6.03 Å². The van der Waals surface area contributed by atoms with E-state index in [1.807, 2.05) is 42.1 Å². The largest absolute Gasteiger partial charge is 0.326 e. The number of imidazole rings is 1. The lowest BCUT2D eigenvalue weighted by Crippen LogP contribution is -2.29. The van der Waals surface area contributed by atoms with Crippen molar-refractivity contribution in [1.82, 2.24) is 14.5 Å². The van der Waals surface area contributed by atoms with Crippen LogP contribution in [-0.2, 0) is 0 Å². The molecule has 0 radical (unpaired) electrons. The van der Waals surface area contributed by atoms with Crippen molar-refractivity contribution in [2.75, 3.05) is 25.0 Å². The topological polar surface area (TPSA) is 41.4 Å². The summed E-state index contributed by atoms with van der Waals surface area (Å²) in [6.07, 6.45) is 5.39. The first-order valence-electron chi connectivity index (χ1n) is 5.87. The van der Waals surface area contributed by atoms with Gasteiger partial charge in [0.05, 0.1) is 6.33 Å². The van der Waals surface area contributed by atoms with Crippen molar-refractivity contribution in [1.29, 1.82) is 0 Å². The Morgan fingerprint density at radius 1 is 1.11 bits per heavy atom. The summed E-state index contributed by atoms with van der Waals surface area (Å²) < 4.78 is 1.93. The molecule has 2 heterocycles. The van der Waals surface area contributed by atoms with Gasteiger partial charge in [-0.2, -0.15) is 0 Å². The van der Waals surface area contributed by atoms with Gasteiger partial charge in [0.25, 0.3) is 0 Å². The molecule has 3 rings (SSSR count). The monoisotopic (exact) mass is 242 g/mol. The zero-order chi connectivity index (χ0) is 12.5. The van der Waals surface area contributed by atoms with Gasteiger partial charge in [0, 0.05) is 43.9 Å². The number of carbonyl (C=O) groups is 1. The Hall–Kier alpha value is -2.30. The quantitative estimate of drug-likeness (QED) is 0.805. The summed E-state index contributed by atoms with van der Waals surface area (Å²) in [5.74, 6) is 0. The van der Waals surface area contributed by atoms with Gasteiger partial charge in [0.2, 0.25) is 0 Å². The van der Waals surface area contributed by atoms with Crippen LogP contribution in [0.25, 0.3) is 5.69 Å². The first kappa shape index (κ1) is 10.8. The van der Waals surface area contributed by atoms with Crippen LogP contribution in [0.1, 0.15) is 0 Å². The molecule has 0 saturated carbocycles. The normalized spacial score (nSPS) is 15.5. The minimum atomic E-state index is 0.0605. The van der Waals surface area contributed by atoms with Crippen molar-refractivity contribution in [3.63, 3.8) is 0 Å². The Balaban J connectivity index is 1.86. The lowest BCUT2D eigenvalue weighted by atomic mass is 10.2. The SMILES string of the molecule is CN1CCN(c2ccc(-n3ccnc3)cc2)C1=O. The Labute approximate surface area is 105 Å². The Bertz CT molecular complexity index is 547. The highest BCUT2D eigenvalue weighted by molar-refractivity contribution is 5.93. The van der Waals surface area contributed by atoms with Crippen molar-refractivity contribution >= 4 is 11.7 Å². The Morgan fingerprint density at radius 2 is 1.83 bits per heavy atom. The van der Waals surface area contributed by atoms with E-state index in [9.17, 15) is 4.79 Å². The maximum absolute atomic E-state index is 11.9. The lowest BCUT2D eigenvalue weighted by molar-refractivity contribution is 0.229.